The van der Waals surface area contributed by atoms with Crippen LogP contribution < -0.4 is 10.2 Å². The molecular formula is C16H29N3S. The van der Waals surface area contributed by atoms with Gasteiger partial charge in [0.15, 0.2) is 0 Å². The van der Waals surface area contributed by atoms with Crippen LogP contribution in [-0.2, 0) is 6.54 Å². The van der Waals surface area contributed by atoms with Crippen LogP contribution in [0, 0.1) is 0 Å². The molecule has 0 amide bonds. The lowest BCUT2D eigenvalue weighted by Crippen LogP contribution is -2.36. The molecule has 0 radical (unpaired) electrons. The van der Waals surface area contributed by atoms with E-state index in [1.165, 1.54) is 0 Å². The highest BCUT2D eigenvalue weighted by Gasteiger charge is 2.14. The largest absolute Gasteiger partial charge is 0.356 e. The van der Waals surface area contributed by atoms with Crippen LogP contribution in [0.15, 0.2) is 18.2 Å². The number of anilines is 1. The zero-order valence-electron chi connectivity index (χ0n) is 13.7. The molecule has 0 aliphatic carbocycles. The number of aromatic nitrogens is 1. The molecule has 0 bridgehead atoms. The van der Waals surface area contributed by atoms with Gasteiger partial charge in [0.1, 0.15) is 5.82 Å². The van der Waals surface area contributed by atoms with Gasteiger partial charge in [-0.15, -0.1) is 0 Å². The van der Waals surface area contributed by atoms with Gasteiger partial charge >= 0.3 is 0 Å². The molecular weight excluding hydrogens is 266 g/mol. The zero-order valence-corrected chi connectivity index (χ0v) is 14.5. The number of rotatable bonds is 7. The van der Waals surface area contributed by atoms with Crippen molar-refractivity contribution in [1.29, 1.82) is 0 Å². The van der Waals surface area contributed by atoms with Gasteiger partial charge in [-0.2, -0.15) is 11.8 Å². The van der Waals surface area contributed by atoms with Crippen LogP contribution in [0.25, 0.3) is 0 Å². The molecule has 4 heteroatoms. The second kappa shape index (κ2) is 7.89. The highest BCUT2D eigenvalue weighted by molar-refractivity contribution is 7.98. The van der Waals surface area contributed by atoms with Gasteiger partial charge < -0.3 is 10.2 Å². The minimum absolute atomic E-state index is 0.119. The molecule has 1 rings (SSSR count). The fourth-order valence-electron chi connectivity index (χ4n) is 2.00. The molecule has 3 nitrogen and oxygen atoms in total. The molecule has 1 N–H and O–H groups in total. The predicted molar refractivity (Wildman–Crippen MR) is 91.7 cm³/mol. The lowest BCUT2D eigenvalue weighted by atomic mass is 10.1. The first-order valence-corrected chi connectivity index (χ1v) is 8.69. The Balaban J connectivity index is 2.76. The molecule has 1 atom stereocenters. The quantitative estimate of drug-likeness (QED) is 0.832. The number of pyridine rings is 1. The van der Waals surface area contributed by atoms with E-state index in [4.69, 9.17) is 4.98 Å². The summed E-state index contributed by atoms with van der Waals surface area (Å²) in [6.07, 6.45) is 3.30. The summed E-state index contributed by atoms with van der Waals surface area (Å²) >= 11 is 1.89. The molecule has 0 saturated heterocycles. The SMILES string of the molecule is CCC(CSC)N(C)c1cccc(CNC(C)(C)C)n1. The van der Waals surface area contributed by atoms with E-state index < -0.39 is 0 Å². The Bertz CT molecular complexity index is 401. The van der Waals surface area contributed by atoms with Crippen LogP contribution >= 0.6 is 11.8 Å². The predicted octanol–water partition coefficient (Wildman–Crippen LogP) is 3.55. The summed E-state index contributed by atoms with van der Waals surface area (Å²) in [6, 6.07) is 6.84. The molecule has 0 saturated carbocycles. The third kappa shape index (κ3) is 5.71. The van der Waals surface area contributed by atoms with Crippen LogP contribution in [0.4, 0.5) is 5.82 Å². The highest BCUT2D eigenvalue weighted by atomic mass is 32.2. The Labute approximate surface area is 128 Å². The van der Waals surface area contributed by atoms with Crippen LogP contribution in [0.2, 0.25) is 0 Å². The number of nitrogens with zero attached hydrogens (tertiary/aromatic N) is 2. The molecule has 0 spiro atoms. The Morgan fingerprint density at radius 2 is 2.05 bits per heavy atom. The standard InChI is InChI=1S/C16H29N3S/c1-7-14(12-20-6)19(5)15-10-8-9-13(18-15)11-17-16(2,3)4/h8-10,14,17H,7,11-12H2,1-6H3. The van der Waals surface area contributed by atoms with Crippen molar-refractivity contribution in [3.63, 3.8) is 0 Å². The van der Waals surface area contributed by atoms with Crippen molar-refractivity contribution >= 4 is 17.6 Å². The summed E-state index contributed by atoms with van der Waals surface area (Å²) in [5.74, 6) is 2.21. The molecule has 0 aromatic carbocycles. The summed E-state index contributed by atoms with van der Waals surface area (Å²) < 4.78 is 0. The molecule has 0 aliphatic heterocycles. The lowest BCUT2D eigenvalue weighted by Gasteiger charge is -2.28. The van der Waals surface area contributed by atoms with Crippen molar-refractivity contribution in [2.24, 2.45) is 0 Å². The second-order valence-electron chi connectivity index (χ2n) is 6.22. The van der Waals surface area contributed by atoms with E-state index in [-0.39, 0.29) is 5.54 Å². The van der Waals surface area contributed by atoms with Crippen molar-refractivity contribution in [3.05, 3.63) is 23.9 Å². The smallest absolute Gasteiger partial charge is 0.128 e. The Hall–Kier alpha value is -0.740. The molecule has 20 heavy (non-hydrogen) atoms. The van der Waals surface area contributed by atoms with Crippen molar-refractivity contribution < 1.29 is 0 Å². The highest BCUT2D eigenvalue weighted by Crippen LogP contribution is 2.17. The van der Waals surface area contributed by atoms with Gasteiger partial charge in [-0.1, -0.05) is 13.0 Å². The molecule has 1 heterocycles. The summed E-state index contributed by atoms with van der Waals surface area (Å²) in [6.45, 7) is 9.57. The van der Waals surface area contributed by atoms with Crippen molar-refractivity contribution in [2.75, 3.05) is 24.0 Å². The first kappa shape index (κ1) is 17.3. The van der Waals surface area contributed by atoms with Gasteiger partial charge in [0.05, 0.1) is 5.69 Å². The molecule has 0 aliphatic rings. The maximum atomic E-state index is 4.78. The van der Waals surface area contributed by atoms with Gasteiger partial charge in [0.25, 0.3) is 0 Å². The van der Waals surface area contributed by atoms with Gasteiger partial charge in [0, 0.05) is 30.9 Å². The zero-order chi connectivity index (χ0) is 15.2. The number of hydrogen-bond donors (Lipinski definition) is 1. The molecule has 0 fully saturated rings. The van der Waals surface area contributed by atoms with E-state index in [1.54, 1.807) is 0 Å². The van der Waals surface area contributed by atoms with Crippen molar-refractivity contribution in [1.82, 2.24) is 10.3 Å². The van der Waals surface area contributed by atoms with E-state index in [0.29, 0.717) is 6.04 Å². The lowest BCUT2D eigenvalue weighted by molar-refractivity contribution is 0.421. The Morgan fingerprint density at radius 3 is 2.60 bits per heavy atom. The van der Waals surface area contributed by atoms with Crippen LogP contribution in [0.5, 0.6) is 0 Å². The van der Waals surface area contributed by atoms with Crippen LogP contribution in [0.1, 0.15) is 39.8 Å². The maximum absolute atomic E-state index is 4.78. The molecule has 1 unspecified atom stereocenters. The van der Waals surface area contributed by atoms with E-state index in [0.717, 1.165) is 30.2 Å². The van der Waals surface area contributed by atoms with E-state index >= 15 is 0 Å². The number of hydrogen-bond acceptors (Lipinski definition) is 4. The number of thioether (sulfide) groups is 1. The fourth-order valence-corrected chi connectivity index (χ4v) is 2.84. The summed E-state index contributed by atoms with van der Waals surface area (Å²) in [7, 11) is 2.15. The normalized spacial score (nSPS) is 13.3. The van der Waals surface area contributed by atoms with Crippen LogP contribution in [-0.4, -0.2) is 35.6 Å². The van der Waals surface area contributed by atoms with Crippen LogP contribution in [0.3, 0.4) is 0 Å². The minimum Gasteiger partial charge on any atom is -0.356 e. The maximum Gasteiger partial charge on any atom is 0.128 e. The summed E-state index contributed by atoms with van der Waals surface area (Å²) in [5, 5.41) is 3.49. The average Bonchev–Trinajstić information content (AvgIpc) is 2.41. The average molecular weight is 295 g/mol. The van der Waals surface area contributed by atoms with E-state index in [2.05, 4.69) is 69.4 Å². The number of nitrogens with one attached hydrogen (secondary N) is 1. The van der Waals surface area contributed by atoms with E-state index in [9.17, 15) is 0 Å². The van der Waals surface area contributed by atoms with Gasteiger partial charge in [-0.25, -0.2) is 4.98 Å². The third-order valence-electron chi connectivity index (χ3n) is 3.33. The summed E-state index contributed by atoms with van der Waals surface area (Å²) in [4.78, 5) is 7.08. The van der Waals surface area contributed by atoms with Gasteiger partial charge in [-0.3, -0.25) is 0 Å². The van der Waals surface area contributed by atoms with E-state index in [1.807, 2.05) is 11.8 Å². The second-order valence-corrected chi connectivity index (χ2v) is 7.13. The monoisotopic (exact) mass is 295 g/mol. The third-order valence-corrected chi connectivity index (χ3v) is 4.05. The topological polar surface area (TPSA) is 28.2 Å². The van der Waals surface area contributed by atoms with Gasteiger partial charge in [-0.05, 0) is 45.6 Å². The Morgan fingerprint density at radius 1 is 1.35 bits per heavy atom. The molecule has 1 aromatic rings. The van der Waals surface area contributed by atoms with Crippen molar-refractivity contribution in [2.45, 2.75) is 52.2 Å². The summed E-state index contributed by atoms with van der Waals surface area (Å²) in [5.41, 5.74) is 1.22. The molecule has 114 valence electrons. The minimum atomic E-state index is 0.119. The Kier molecular flexibility index (Phi) is 6.83. The van der Waals surface area contributed by atoms with Gasteiger partial charge in [0.2, 0.25) is 0 Å². The molecule has 1 aromatic heterocycles. The first-order valence-electron chi connectivity index (χ1n) is 7.30. The first-order chi connectivity index (χ1) is 9.37. The van der Waals surface area contributed by atoms with Crippen molar-refractivity contribution in [3.8, 4) is 0 Å². The fraction of sp³-hybridized carbons (Fsp3) is 0.688.